The molecule has 4 nitrogen and oxygen atoms in total. The van der Waals surface area contributed by atoms with Crippen LogP contribution in [-0.2, 0) is 19.6 Å². The maximum Gasteiger partial charge on any atom is 0.147 e. The Kier molecular flexibility index (Phi) is 3.13. The van der Waals surface area contributed by atoms with E-state index in [1.807, 2.05) is 6.07 Å². The quantitative estimate of drug-likeness (QED) is 0.853. The average Bonchev–Trinajstić information content (AvgIpc) is 2.80. The predicted octanol–water partition coefficient (Wildman–Crippen LogP) is 2.20. The van der Waals surface area contributed by atoms with Gasteiger partial charge in [-0.05, 0) is 17.7 Å². The molecule has 0 aliphatic carbocycles. The zero-order valence-electron chi connectivity index (χ0n) is 9.68. The second kappa shape index (κ2) is 4.78. The van der Waals surface area contributed by atoms with Crippen molar-refractivity contribution in [3.05, 3.63) is 46.2 Å². The van der Waals surface area contributed by atoms with E-state index in [1.165, 1.54) is 12.1 Å². The van der Waals surface area contributed by atoms with Gasteiger partial charge in [-0.2, -0.15) is 0 Å². The molecule has 1 aliphatic rings. The Bertz CT molecular complexity index is 569. The molecular formula is C12H12BrFN4. The number of hydrogen-bond acceptors (Lipinski definition) is 3. The van der Waals surface area contributed by atoms with Gasteiger partial charge < -0.3 is 4.57 Å². The standard InChI is InChI=1S/C12H12BrFN4/c13-11-5-10(14)2-1-9(11)6-17-3-4-18-8-15-16-12(18)7-17/h1-2,5,8H,3-4,6-7H2. The highest BCUT2D eigenvalue weighted by Gasteiger charge is 2.18. The van der Waals surface area contributed by atoms with E-state index in [0.717, 1.165) is 42.0 Å². The van der Waals surface area contributed by atoms with Gasteiger partial charge in [0.05, 0.1) is 6.54 Å². The molecule has 0 N–H and O–H groups in total. The Morgan fingerprint density at radius 3 is 3.06 bits per heavy atom. The largest absolute Gasteiger partial charge is 0.315 e. The van der Waals surface area contributed by atoms with Crippen LogP contribution in [-0.4, -0.2) is 26.2 Å². The normalized spacial score (nSPS) is 15.7. The number of benzene rings is 1. The van der Waals surface area contributed by atoms with Crippen LogP contribution in [0.2, 0.25) is 0 Å². The Labute approximate surface area is 113 Å². The first-order valence-corrected chi connectivity index (χ1v) is 6.54. The van der Waals surface area contributed by atoms with E-state index in [9.17, 15) is 4.39 Å². The molecule has 2 heterocycles. The van der Waals surface area contributed by atoms with Crippen LogP contribution in [0, 0.1) is 5.82 Å². The molecule has 0 atom stereocenters. The van der Waals surface area contributed by atoms with Gasteiger partial charge in [-0.25, -0.2) is 4.39 Å². The van der Waals surface area contributed by atoms with Gasteiger partial charge in [0.1, 0.15) is 18.0 Å². The number of rotatable bonds is 2. The summed E-state index contributed by atoms with van der Waals surface area (Å²) in [6, 6.07) is 4.81. The van der Waals surface area contributed by atoms with E-state index in [-0.39, 0.29) is 5.82 Å². The van der Waals surface area contributed by atoms with Gasteiger partial charge in [0.15, 0.2) is 0 Å². The van der Waals surface area contributed by atoms with Gasteiger partial charge in [0.2, 0.25) is 0 Å². The summed E-state index contributed by atoms with van der Waals surface area (Å²) in [6.07, 6.45) is 1.76. The first kappa shape index (κ1) is 11.8. The fourth-order valence-electron chi connectivity index (χ4n) is 2.14. The SMILES string of the molecule is Fc1ccc(CN2CCn3cnnc3C2)c(Br)c1. The molecule has 0 saturated carbocycles. The first-order chi connectivity index (χ1) is 8.72. The molecule has 18 heavy (non-hydrogen) atoms. The molecule has 2 aromatic rings. The lowest BCUT2D eigenvalue weighted by molar-refractivity contribution is 0.208. The van der Waals surface area contributed by atoms with Crippen LogP contribution in [0.25, 0.3) is 0 Å². The van der Waals surface area contributed by atoms with Crippen LogP contribution < -0.4 is 0 Å². The summed E-state index contributed by atoms with van der Waals surface area (Å²) in [5.41, 5.74) is 1.09. The molecule has 0 amide bonds. The maximum absolute atomic E-state index is 13.0. The molecule has 1 aromatic carbocycles. The highest BCUT2D eigenvalue weighted by Crippen LogP contribution is 2.21. The van der Waals surface area contributed by atoms with Crippen molar-refractivity contribution in [1.29, 1.82) is 0 Å². The minimum absolute atomic E-state index is 0.219. The second-order valence-corrected chi connectivity index (χ2v) is 5.24. The average molecular weight is 311 g/mol. The number of hydrogen-bond donors (Lipinski definition) is 0. The zero-order chi connectivity index (χ0) is 12.5. The van der Waals surface area contributed by atoms with Crippen LogP contribution >= 0.6 is 15.9 Å². The molecule has 0 fully saturated rings. The molecule has 0 bridgehead atoms. The van der Waals surface area contributed by atoms with Gasteiger partial charge in [0.25, 0.3) is 0 Å². The minimum atomic E-state index is -0.219. The molecule has 0 spiro atoms. The molecule has 94 valence electrons. The summed E-state index contributed by atoms with van der Waals surface area (Å²) < 4.78 is 15.9. The maximum atomic E-state index is 13.0. The van der Waals surface area contributed by atoms with Crippen molar-refractivity contribution in [2.24, 2.45) is 0 Å². The Hall–Kier alpha value is -1.27. The van der Waals surface area contributed by atoms with Crippen LogP contribution in [0.4, 0.5) is 4.39 Å². The molecule has 1 aliphatic heterocycles. The lowest BCUT2D eigenvalue weighted by Gasteiger charge is -2.27. The van der Waals surface area contributed by atoms with Crippen molar-refractivity contribution in [3.63, 3.8) is 0 Å². The Balaban J connectivity index is 1.74. The number of fused-ring (bicyclic) bond motifs is 1. The third-order valence-electron chi connectivity index (χ3n) is 3.13. The first-order valence-electron chi connectivity index (χ1n) is 5.75. The van der Waals surface area contributed by atoms with Gasteiger partial charge >= 0.3 is 0 Å². The van der Waals surface area contributed by atoms with Crippen molar-refractivity contribution in [1.82, 2.24) is 19.7 Å². The minimum Gasteiger partial charge on any atom is -0.315 e. The second-order valence-electron chi connectivity index (χ2n) is 4.39. The van der Waals surface area contributed by atoms with E-state index in [2.05, 4.69) is 35.6 Å². The Morgan fingerprint density at radius 2 is 2.22 bits per heavy atom. The van der Waals surface area contributed by atoms with Crippen LogP contribution in [0.1, 0.15) is 11.4 Å². The summed E-state index contributed by atoms with van der Waals surface area (Å²) in [7, 11) is 0. The smallest absolute Gasteiger partial charge is 0.147 e. The monoisotopic (exact) mass is 310 g/mol. The molecule has 0 saturated heterocycles. The van der Waals surface area contributed by atoms with Crippen molar-refractivity contribution < 1.29 is 4.39 Å². The van der Waals surface area contributed by atoms with Crippen LogP contribution in [0.3, 0.4) is 0 Å². The third kappa shape index (κ3) is 2.30. The van der Waals surface area contributed by atoms with Crippen molar-refractivity contribution in [2.45, 2.75) is 19.6 Å². The lowest BCUT2D eigenvalue weighted by Crippen LogP contribution is -2.33. The van der Waals surface area contributed by atoms with Gasteiger partial charge in [-0.15, -0.1) is 10.2 Å². The van der Waals surface area contributed by atoms with Gasteiger partial charge in [-0.3, -0.25) is 4.90 Å². The molecule has 1 aromatic heterocycles. The molecule has 3 rings (SSSR count). The van der Waals surface area contributed by atoms with E-state index >= 15 is 0 Å². The van der Waals surface area contributed by atoms with Crippen molar-refractivity contribution >= 4 is 15.9 Å². The molecule has 6 heteroatoms. The zero-order valence-corrected chi connectivity index (χ0v) is 11.3. The molecular weight excluding hydrogens is 299 g/mol. The predicted molar refractivity (Wildman–Crippen MR) is 68.2 cm³/mol. The highest BCUT2D eigenvalue weighted by molar-refractivity contribution is 9.10. The van der Waals surface area contributed by atoms with Crippen LogP contribution in [0.15, 0.2) is 29.0 Å². The van der Waals surface area contributed by atoms with Gasteiger partial charge in [-0.1, -0.05) is 22.0 Å². The van der Waals surface area contributed by atoms with E-state index < -0.39 is 0 Å². The van der Waals surface area contributed by atoms with E-state index in [0.29, 0.717) is 0 Å². The van der Waals surface area contributed by atoms with Crippen molar-refractivity contribution in [2.75, 3.05) is 6.54 Å². The molecule has 0 radical (unpaired) electrons. The Morgan fingerprint density at radius 1 is 1.33 bits per heavy atom. The fourth-order valence-corrected chi connectivity index (χ4v) is 2.62. The molecule has 0 unspecified atom stereocenters. The lowest BCUT2D eigenvalue weighted by atomic mass is 10.2. The van der Waals surface area contributed by atoms with Crippen molar-refractivity contribution in [3.8, 4) is 0 Å². The topological polar surface area (TPSA) is 34.0 Å². The summed E-state index contributed by atoms with van der Waals surface area (Å²) >= 11 is 3.40. The summed E-state index contributed by atoms with van der Waals surface area (Å²) in [4.78, 5) is 2.28. The number of aromatic nitrogens is 3. The van der Waals surface area contributed by atoms with E-state index in [1.54, 1.807) is 6.33 Å². The third-order valence-corrected chi connectivity index (χ3v) is 3.87. The fraction of sp³-hybridized carbons (Fsp3) is 0.333. The van der Waals surface area contributed by atoms with E-state index in [4.69, 9.17) is 0 Å². The number of nitrogens with zero attached hydrogens (tertiary/aromatic N) is 4. The summed E-state index contributed by atoms with van der Waals surface area (Å²) in [6.45, 7) is 3.42. The van der Waals surface area contributed by atoms with Gasteiger partial charge in [0, 0.05) is 24.1 Å². The van der Waals surface area contributed by atoms with Crippen LogP contribution in [0.5, 0.6) is 0 Å². The summed E-state index contributed by atoms with van der Waals surface area (Å²) in [5, 5.41) is 7.99. The number of halogens is 2. The highest BCUT2D eigenvalue weighted by atomic mass is 79.9. The summed E-state index contributed by atoms with van der Waals surface area (Å²) in [5.74, 6) is 0.767.